The first-order valence-electron chi connectivity index (χ1n) is 10.0. The minimum atomic E-state index is -0.786. The van der Waals surface area contributed by atoms with Crippen molar-refractivity contribution in [2.45, 2.75) is 12.5 Å². The van der Waals surface area contributed by atoms with Crippen molar-refractivity contribution in [2.75, 3.05) is 13.6 Å². The first kappa shape index (κ1) is 22.3. The Balaban J connectivity index is 0.000000229. The van der Waals surface area contributed by atoms with Gasteiger partial charge < -0.3 is 20.5 Å². The lowest BCUT2D eigenvalue weighted by molar-refractivity contribution is 0.201. The first-order valence-corrected chi connectivity index (χ1v) is 10.9. The first-order chi connectivity index (χ1) is 15.2. The Morgan fingerprint density at radius 2 is 1.71 bits per heavy atom. The number of carbonyl (C=O) groups is 1. The predicted octanol–water partition coefficient (Wildman–Crippen LogP) is 5.78. The number of hydrogen-bond donors (Lipinski definition) is 2. The van der Waals surface area contributed by atoms with E-state index >= 15 is 0 Å². The maximum Gasteiger partial charge on any atom is 0.409 e. The van der Waals surface area contributed by atoms with Gasteiger partial charge in [-0.05, 0) is 48.6 Å². The Bertz CT molecular complexity index is 1060. The molecule has 1 amide bonds. The molecule has 0 aliphatic rings. The van der Waals surface area contributed by atoms with Gasteiger partial charge in [-0.2, -0.15) is 0 Å². The van der Waals surface area contributed by atoms with Crippen LogP contribution in [0.5, 0.6) is 11.5 Å². The van der Waals surface area contributed by atoms with E-state index in [-0.39, 0.29) is 6.10 Å². The molecule has 0 aliphatic carbocycles. The minimum absolute atomic E-state index is 0.100. The smallest absolute Gasteiger partial charge is 0.409 e. The summed E-state index contributed by atoms with van der Waals surface area (Å²) < 4.78 is 10.9. The summed E-state index contributed by atoms with van der Waals surface area (Å²) in [6.45, 7) is 0.938. The molecule has 4 rings (SSSR count). The van der Waals surface area contributed by atoms with Crippen LogP contribution in [0, 0.1) is 0 Å². The van der Waals surface area contributed by atoms with Crippen molar-refractivity contribution >= 4 is 28.2 Å². The molecule has 1 heterocycles. The number of thiophene rings is 1. The molecule has 0 radical (unpaired) electrons. The van der Waals surface area contributed by atoms with Gasteiger partial charge in [-0.15, -0.1) is 11.3 Å². The highest BCUT2D eigenvalue weighted by atomic mass is 32.1. The van der Waals surface area contributed by atoms with Crippen LogP contribution < -0.4 is 20.5 Å². The maximum absolute atomic E-state index is 10.2. The Kier molecular flexibility index (Phi) is 8.46. The highest BCUT2D eigenvalue weighted by Crippen LogP contribution is 2.32. The molecule has 0 saturated heterocycles. The van der Waals surface area contributed by atoms with E-state index in [1.807, 2.05) is 13.1 Å². The molecule has 0 spiro atoms. The molecule has 1 aromatic heterocycles. The van der Waals surface area contributed by atoms with Crippen LogP contribution in [0.15, 0.2) is 90.3 Å². The van der Waals surface area contributed by atoms with E-state index in [1.54, 1.807) is 35.6 Å². The van der Waals surface area contributed by atoms with Gasteiger partial charge in [0.2, 0.25) is 0 Å². The van der Waals surface area contributed by atoms with E-state index in [0.29, 0.717) is 5.75 Å². The molecule has 0 fully saturated rings. The van der Waals surface area contributed by atoms with E-state index in [4.69, 9.17) is 10.5 Å². The van der Waals surface area contributed by atoms with Crippen molar-refractivity contribution in [3.8, 4) is 11.5 Å². The molecular formula is C25H26N2O3S. The summed E-state index contributed by atoms with van der Waals surface area (Å²) in [6, 6.07) is 27.5. The zero-order valence-corrected chi connectivity index (χ0v) is 18.2. The Labute approximate surface area is 186 Å². The zero-order valence-electron chi connectivity index (χ0n) is 17.4. The standard InChI is InChI=1S/C18H19NOS.C7H7NO2/c1-19-12-11-17(18-10-5-13-21-18)20-16-9-4-7-14-6-2-3-8-15(14)16;8-7(9)10-6-4-2-1-3-5-6/h2-10,13,17,19H,11-12H2,1H3;1-5H,(H2,8,9)/t17-;/m0./s1. The summed E-state index contributed by atoms with van der Waals surface area (Å²) in [4.78, 5) is 11.4. The quantitative estimate of drug-likeness (QED) is 0.387. The average molecular weight is 435 g/mol. The van der Waals surface area contributed by atoms with Crippen molar-refractivity contribution in [3.05, 3.63) is 95.2 Å². The van der Waals surface area contributed by atoms with Gasteiger partial charge in [-0.3, -0.25) is 0 Å². The third-order valence-electron chi connectivity index (χ3n) is 4.50. The van der Waals surface area contributed by atoms with Crippen LogP contribution in [0.4, 0.5) is 4.79 Å². The number of nitrogens with two attached hydrogens (primary N) is 1. The number of nitrogens with one attached hydrogen (secondary N) is 1. The second-order valence-electron chi connectivity index (χ2n) is 6.73. The zero-order chi connectivity index (χ0) is 21.9. The highest BCUT2D eigenvalue weighted by molar-refractivity contribution is 7.10. The molecule has 160 valence electrons. The summed E-state index contributed by atoms with van der Waals surface area (Å²) in [5.41, 5.74) is 4.76. The summed E-state index contributed by atoms with van der Waals surface area (Å²) in [5.74, 6) is 1.43. The Morgan fingerprint density at radius 3 is 2.42 bits per heavy atom. The van der Waals surface area contributed by atoms with E-state index in [0.717, 1.165) is 18.7 Å². The van der Waals surface area contributed by atoms with Gasteiger partial charge in [0.15, 0.2) is 0 Å². The topological polar surface area (TPSA) is 73.6 Å². The van der Waals surface area contributed by atoms with Gasteiger partial charge in [0.05, 0.1) is 0 Å². The van der Waals surface area contributed by atoms with Crippen molar-refractivity contribution in [2.24, 2.45) is 5.73 Å². The number of primary amides is 1. The van der Waals surface area contributed by atoms with E-state index in [2.05, 4.69) is 70.0 Å². The van der Waals surface area contributed by atoms with Crippen LogP contribution in [-0.4, -0.2) is 19.7 Å². The van der Waals surface area contributed by atoms with Crippen LogP contribution in [0.2, 0.25) is 0 Å². The fourth-order valence-corrected chi connectivity index (χ4v) is 3.85. The molecule has 0 saturated carbocycles. The molecule has 3 N–H and O–H groups in total. The third kappa shape index (κ3) is 6.84. The van der Waals surface area contributed by atoms with Crippen LogP contribution in [0.25, 0.3) is 10.8 Å². The molecule has 1 atom stereocenters. The van der Waals surface area contributed by atoms with E-state index in [1.165, 1.54) is 15.6 Å². The monoisotopic (exact) mass is 434 g/mol. The summed E-state index contributed by atoms with van der Waals surface area (Å²) in [6.07, 6.45) is 0.273. The second-order valence-corrected chi connectivity index (χ2v) is 7.70. The van der Waals surface area contributed by atoms with Gasteiger partial charge in [0, 0.05) is 16.7 Å². The number of rotatable bonds is 7. The van der Waals surface area contributed by atoms with Gasteiger partial charge in [0.25, 0.3) is 0 Å². The van der Waals surface area contributed by atoms with Crippen molar-refractivity contribution < 1.29 is 14.3 Å². The lowest BCUT2D eigenvalue weighted by Crippen LogP contribution is -2.15. The second kappa shape index (κ2) is 11.7. The minimum Gasteiger partial charge on any atom is -0.484 e. The summed E-state index contributed by atoms with van der Waals surface area (Å²) >= 11 is 1.75. The number of ether oxygens (including phenoxy) is 2. The van der Waals surface area contributed by atoms with E-state index < -0.39 is 6.09 Å². The van der Waals surface area contributed by atoms with Crippen LogP contribution in [0.3, 0.4) is 0 Å². The molecule has 3 aromatic carbocycles. The van der Waals surface area contributed by atoms with Gasteiger partial charge in [0.1, 0.15) is 17.6 Å². The Hall–Kier alpha value is -3.35. The lowest BCUT2D eigenvalue weighted by Gasteiger charge is -2.19. The fraction of sp³-hybridized carbons (Fsp3) is 0.160. The Morgan fingerprint density at radius 1 is 0.968 bits per heavy atom. The number of fused-ring (bicyclic) bond motifs is 1. The van der Waals surface area contributed by atoms with E-state index in [9.17, 15) is 4.79 Å². The van der Waals surface area contributed by atoms with Gasteiger partial charge in [-0.25, -0.2) is 4.79 Å². The molecule has 0 bridgehead atoms. The molecule has 4 aromatic rings. The number of para-hydroxylation sites is 1. The summed E-state index contributed by atoms with van der Waals surface area (Å²) in [5, 5.41) is 7.70. The number of hydrogen-bond acceptors (Lipinski definition) is 5. The molecule has 0 aliphatic heterocycles. The molecule has 5 nitrogen and oxygen atoms in total. The largest absolute Gasteiger partial charge is 0.484 e. The normalized spacial score (nSPS) is 11.3. The molecule has 31 heavy (non-hydrogen) atoms. The SMILES string of the molecule is CNCC[C@H](Oc1cccc2ccccc12)c1cccs1.NC(=O)Oc1ccccc1. The maximum atomic E-state index is 10.2. The van der Waals surface area contributed by atoms with Crippen LogP contribution >= 0.6 is 11.3 Å². The molecule has 0 unspecified atom stereocenters. The molecule has 6 heteroatoms. The van der Waals surface area contributed by atoms with Gasteiger partial charge >= 0.3 is 6.09 Å². The fourth-order valence-electron chi connectivity index (χ4n) is 3.07. The molecular weight excluding hydrogens is 408 g/mol. The highest BCUT2D eigenvalue weighted by Gasteiger charge is 2.15. The van der Waals surface area contributed by atoms with Crippen molar-refractivity contribution in [3.63, 3.8) is 0 Å². The van der Waals surface area contributed by atoms with Crippen LogP contribution in [-0.2, 0) is 0 Å². The summed E-state index contributed by atoms with van der Waals surface area (Å²) in [7, 11) is 1.98. The number of benzene rings is 3. The number of amides is 1. The lowest BCUT2D eigenvalue weighted by atomic mass is 10.1. The predicted molar refractivity (Wildman–Crippen MR) is 127 cm³/mol. The number of carbonyl (C=O) groups excluding carboxylic acids is 1. The van der Waals surface area contributed by atoms with Crippen LogP contribution in [0.1, 0.15) is 17.4 Å². The van der Waals surface area contributed by atoms with Crippen molar-refractivity contribution in [1.29, 1.82) is 0 Å². The van der Waals surface area contributed by atoms with Gasteiger partial charge in [-0.1, -0.05) is 60.7 Å². The van der Waals surface area contributed by atoms with Crippen molar-refractivity contribution in [1.82, 2.24) is 5.32 Å². The average Bonchev–Trinajstić information content (AvgIpc) is 3.32. The third-order valence-corrected chi connectivity index (χ3v) is 5.46.